The number of rotatable bonds is 8. The number of carbonyl (C=O) groups is 1. The molecule has 4 aromatic rings. The number of nitrogens with zero attached hydrogens (tertiary/aromatic N) is 3. The summed E-state index contributed by atoms with van der Waals surface area (Å²) in [5.41, 5.74) is 4.68. The number of aromatic nitrogens is 3. The van der Waals surface area contributed by atoms with E-state index >= 15 is 0 Å². The molecule has 1 aliphatic rings. The number of benzene rings is 2. The largest absolute Gasteiger partial charge is 0.476 e. The SMILES string of the molecule is NS(=O)(=O)c1ccc(Cc2c(CC3CC3)nn(-c3nc(C(=O)O)cs3)c2-c2ccccc2)cc1. The van der Waals surface area contributed by atoms with Crippen LogP contribution in [0.3, 0.4) is 0 Å². The molecular weight excluding hydrogens is 472 g/mol. The Morgan fingerprint density at radius 3 is 2.41 bits per heavy atom. The molecule has 174 valence electrons. The molecule has 0 unspecified atom stereocenters. The normalized spacial score (nSPS) is 13.8. The highest BCUT2D eigenvalue weighted by molar-refractivity contribution is 7.89. The van der Waals surface area contributed by atoms with Gasteiger partial charge >= 0.3 is 5.97 Å². The van der Waals surface area contributed by atoms with Gasteiger partial charge in [-0.2, -0.15) is 5.10 Å². The Morgan fingerprint density at radius 2 is 1.82 bits per heavy atom. The summed E-state index contributed by atoms with van der Waals surface area (Å²) in [5, 5.41) is 21.5. The van der Waals surface area contributed by atoms with Crippen LogP contribution in [-0.2, 0) is 22.9 Å². The smallest absolute Gasteiger partial charge is 0.355 e. The van der Waals surface area contributed by atoms with E-state index in [9.17, 15) is 18.3 Å². The van der Waals surface area contributed by atoms with E-state index in [1.54, 1.807) is 16.8 Å². The topological polar surface area (TPSA) is 128 Å². The van der Waals surface area contributed by atoms with Gasteiger partial charge in [0.25, 0.3) is 0 Å². The molecule has 5 rings (SSSR count). The van der Waals surface area contributed by atoms with Gasteiger partial charge in [-0.1, -0.05) is 42.5 Å². The van der Waals surface area contributed by atoms with Crippen molar-refractivity contribution >= 4 is 27.3 Å². The summed E-state index contributed by atoms with van der Waals surface area (Å²) >= 11 is 1.24. The van der Waals surface area contributed by atoms with E-state index < -0.39 is 16.0 Å². The summed E-state index contributed by atoms with van der Waals surface area (Å²) in [6.07, 6.45) is 3.69. The van der Waals surface area contributed by atoms with Crippen molar-refractivity contribution in [3.63, 3.8) is 0 Å². The van der Waals surface area contributed by atoms with Crippen LogP contribution in [0.15, 0.2) is 64.9 Å². The van der Waals surface area contributed by atoms with Gasteiger partial charge in [-0.3, -0.25) is 0 Å². The maximum Gasteiger partial charge on any atom is 0.355 e. The summed E-state index contributed by atoms with van der Waals surface area (Å²) in [5.74, 6) is -0.495. The summed E-state index contributed by atoms with van der Waals surface area (Å²) < 4.78 is 25.1. The lowest BCUT2D eigenvalue weighted by atomic mass is 9.97. The summed E-state index contributed by atoms with van der Waals surface area (Å²) in [6.45, 7) is 0. The fourth-order valence-electron chi connectivity index (χ4n) is 3.93. The number of thiazole rings is 1. The fraction of sp³-hybridized carbons (Fsp3) is 0.208. The quantitative estimate of drug-likeness (QED) is 0.382. The highest BCUT2D eigenvalue weighted by atomic mass is 32.2. The molecule has 2 heterocycles. The molecule has 0 bridgehead atoms. The first-order valence-corrected chi connectivity index (χ1v) is 13.2. The molecule has 1 aliphatic carbocycles. The number of nitrogens with two attached hydrogens (primary N) is 1. The average molecular weight is 495 g/mol. The number of carboxylic acids is 1. The maximum atomic E-state index is 11.7. The molecule has 0 amide bonds. The predicted molar refractivity (Wildman–Crippen MR) is 129 cm³/mol. The Morgan fingerprint density at radius 1 is 1.12 bits per heavy atom. The molecule has 1 fully saturated rings. The molecule has 10 heteroatoms. The van der Waals surface area contributed by atoms with Gasteiger partial charge in [-0.25, -0.2) is 28.0 Å². The van der Waals surface area contributed by atoms with E-state index in [0.29, 0.717) is 17.5 Å². The van der Waals surface area contributed by atoms with Gasteiger partial charge in [0.05, 0.1) is 16.3 Å². The Hall–Kier alpha value is -3.34. The minimum Gasteiger partial charge on any atom is -0.476 e. The highest BCUT2D eigenvalue weighted by Crippen LogP contribution is 2.38. The van der Waals surface area contributed by atoms with Gasteiger partial charge in [0.1, 0.15) is 0 Å². The Kier molecular flexibility index (Phi) is 5.80. The third-order valence-electron chi connectivity index (χ3n) is 5.82. The third kappa shape index (κ3) is 4.65. The number of carboxylic acid groups (broad SMARTS) is 1. The second-order valence-electron chi connectivity index (χ2n) is 8.39. The predicted octanol–water partition coefficient (Wildman–Crippen LogP) is 3.88. The zero-order valence-electron chi connectivity index (χ0n) is 18.1. The molecule has 2 aromatic heterocycles. The second kappa shape index (κ2) is 8.79. The minimum absolute atomic E-state index is 0.0154. The molecule has 0 aliphatic heterocycles. The number of hydrogen-bond acceptors (Lipinski definition) is 6. The number of sulfonamides is 1. The van der Waals surface area contributed by atoms with Crippen LogP contribution in [0.2, 0.25) is 0 Å². The van der Waals surface area contributed by atoms with E-state index in [4.69, 9.17) is 10.2 Å². The molecular formula is C24H22N4O4S2. The van der Waals surface area contributed by atoms with Crippen LogP contribution in [0.4, 0.5) is 0 Å². The first-order valence-electron chi connectivity index (χ1n) is 10.8. The molecule has 8 nitrogen and oxygen atoms in total. The van der Waals surface area contributed by atoms with E-state index in [-0.39, 0.29) is 10.6 Å². The molecule has 0 radical (unpaired) electrons. The third-order valence-corrected chi connectivity index (χ3v) is 7.56. The van der Waals surface area contributed by atoms with E-state index in [0.717, 1.165) is 47.3 Å². The lowest BCUT2D eigenvalue weighted by Gasteiger charge is -2.10. The molecule has 1 saturated carbocycles. The minimum atomic E-state index is -3.77. The van der Waals surface area contributed by atoms with Gasteiger partial charge < -0.3 is 5.11 Å². The number of primary sulfonamides is 1. The van der Waals surface area contributed by atoms with Crippen molar-refractivity contribution in [3.05, 3.63) is 82.5 Å². The summed E-state index contributed by atoms with van der Waals surface area (Å²) in [7, 11) is -3.77. The summed E-state index contributed by atoms with van der Waals surface area (Å²) in [4.78, 5) is 15.8. The van der Waals surface area contributed by atoms with Crippen molar-refractivity contribution in [2.45, 2.75) is 30.6 Å². The molecule has 0 atom stereocenters. The maximum absolute atomic E-state index is 11.7. The van der Waals surface area contributed by atoms with Crippen molar-refractivity contribution in [1.29, 1.82) is 0 Å². The zero-order valence-corrected chi connectivity index (χ0v) is 19.7. The molecule has 3 N–H and O–H groups in total. The first-order chi connectivity index (χ1) is 16.3. The van der Waals surface area contributed by atoms with Crippen molar-refractivity contribution in [2.24, 2.45) is 11.1 Å². The van der Waals surface area contributed by atoms with Crippen LogP contribution >= 0.6 is 11.3 Å². The fourth-order valence-corrected chi connectivity index (χ4v) is 5.20. The molecule has 34 heavy (non-hydrogen) atoms. The number of hydrogen-bond donors (Lipinski definition) is 2. The average Bonchev–Trinajstić information content (AvgIpc) is 3.36. The molecule has 2 aromatic carbocycles. The van der Waals surface area contributed by atoms with Crippen LogP contribution in [0.1, 0.15) is 40.2 Å². The summed E-state index contributed by atoms with van der Waals surface area (Å²) in [6, 6.07) is 16.4. The van der Waals surface area contributed by atoms with Gasteiger partial charge in [-0.15, -0.1) is 11.3 Å². The Balaban J connectivity index is 1.65. The van der Waals surface area contributed by atoms with Crippen molar-refractivity contribution < 1.29 is 18.3 Å². The van der Waals surface area contributed by atoms with E-state index in [1.807, 2.05) is 30.3 Å². The Bertz CT molecular complexity index is 1450. The van der Waals surface area contributed by atoms with Gasteiger partial charge in [0, 0.05) is 22.9 Å². The van der Waals surface area contributed by atoms with Crippen LogP contribution in [0.25, 0.3) is 16.4 Å². The standard InChI is InChI=1S/C24H22N4O4S2/c25-34(31,32)18-10-8-15(9-11-18)12-19-20(13-16-6-7-16)27-28(22(19)17-4-2-1-3-5-17)24-26-21(14-33-24)23(29)30/h1-5,8-11,14,16H,6-7,12-13H2,(H,29,30)(H2,25,31,32). The first kappa shape index (κ1) is 22.5. The lowest BCUT2D eigenvalue weighted by Crippen LogP contribution is -2.11. The van der Waals surface area contributed by atoms with Crippen LogP contribution in [-0.4, -0.2) is 34.3 Å². The van der Waals surface area contributed by atoms with E-state index in [1.165, 1.54) is 28.8 Å². The number of aromatic carboxylic acids is 1. The van der Waals surface area contributed by atoms with Crippen molar-refractivity contribution in [3.8, 4) is 16.4 Å². The van der Waals surface area contributed by atoms with Crippen LogP contribution in [0.5, 0.6) is 0 Å². The lowest BCUT2D eigenvalue weighted by molar-refractivity contribution is 0.0691. The zero-order chi connectivity index (χ0) is 23.9. The van der Waals surface area contributed by atoms with Gasteiger partial charge in [0.2, 0.25) is 15.2 Å². The second-order valence-corrected chi connectivity index (χ2v) is 10.8. The molecule has 0 spiro atoms. The monoisotopic (exact) mass is 494 g/mol. The van der Waals surface area contributed by atoms with Gasteiger partial charge in [-0.05, 0) is 42.9 Å². The van der Waals surface area contributed by atoms with Gasteiger partial charge in [0.15, 0.2) is 5.69 Å². The molecule has 0 saturated heterocycles. The highest BCUT2D eigenvalue weighted by Gasteiger charge is 2.28. The van der Waals surface area contributed by atoms with Crippen molar-refractivity contribution in [2.75, 3.05) is 0 Å². The van der Waals surface area contributed by atoms with Crippen molar-refractivity contribution in [1.82, 2.24) is 14.8 Å². The van der Waals surface area contributed by atoms with Crippen LogP contribution in [0, 0.1) is 5.92 Å². The van der Waals surface area contributed by atoms with E-state index in [2.05, 4.69) is 4.98 Å². The van der Waals surface area contributed by atoms with Crippen LogP contribution < -0.4 is 5.14 Å². The Labute approximate surface area is 200 Å².